The Kier molecular flexibility index (Phi) is 1.74. The molecule has 0 saturated heterocycles. The summed E-state index contributed by atoms with van der Waals surface area (Å²) in [6.07, 6.45) is 0.850. The Balaban J connectivity index is 1.94. The Morgan fingerprint density at radius 3 is 2.87 bits per heavy atom. The van der Waals surface area contributed by atoms with Crippen LogP contribution in [-0.4, -0.2) is 14.8 Å². The van der Waals surface area contributed by atoms with Gasteiger partial charge in [0, 0.05) is 18.9 Å². The highest BCUT2D eigenvalue weighted by molar-refractivity contribution is 5.22. The Hall–Kier alpha value is -1.84. The first-order valence-electron chi connectivity index (χ1n) is 5.03. The highest BCUT2D eigenvalue weighted by atomic mass is 16.1. The summed E-state index contributed by atoms with van der Waals surface area (Å²) in [5.41, 5.74) is 1.19. The second-order valence-electron chi connectivity index (χ2n) is 3.87. The summed E-state index contributed by atoms with van der Waals surface area (Å²) in [4.78, 5) is 11.3. The number of aromatic amines is 1. The zero-order chi connectivity index (χ0) is 10.3. The van der Waals surface area contributed by atoms with Crippen molar-refractivity contribution in [2.45, 2.75) is 18.9 Å². The first kappa shape index (κ1) is 8.47. The molecule has 1 aliphatic rings. The Bertz CT molecular complexity index is 526. The van der Waals surface area contributed by atoms with E-state index in [2.05, 4.69) is 22.3 Å². The first-order valence-corrected chi connectivity index (χ1v) is 5.03. The number of benzene rings is 1. The van der Waals surface area contributed by atoms with E-state index in [0.29, 0.717) is 5.92 Å². The average Bonchev–Trinajstić information content (AvgIpc) is 2.83. The highest BCUT2D eigenvalue weighted by Gasteiger charge is 2.25. The molecule has 0 radical (unpaired) electrons. The van der Waals surface area contributed by atoms with Crippen molar-refractivity contribution < 1.29 is 0 Å². The van der Waals surface area contributed by atoms with Crippen LogP contribution < -0.4 is 5.69 Å². The predicted octanol–water partition coefficient (Wildman–Crippen LogP) is 0.911. The maximum atomic E-state index is 11.3. The van der Waals surface area contributed by atoms with Crippen molar-refractivity contribution in [1.29, 1.82) is 0 Å². The molecule has 2 aromatic rings. The van der Waals surface area contributed by atoms with E-state index in [1.54, 1.807) is 4.57 Å². The first-order chi connectivity index (χ1) is 7.34. The molecule has 0 amide bonds. The minimum Gasteiger partial charge on any atom is -0.278 e. The van der Waals surface area contributed by atoms with Gasteiger partial charge in [0.05, 0.1) is 0 Å². The summed E-state index contributed by atoms with van der Waals surface area (Å²) in [5.74, 6) is 1.27. The average molecular weight is 201 g/mol. The van der Waals surface area contributed by atoms with Gasteiger partial charge in [-0.3, -0.25) is 4.57 Å². The third kappa shape index (κ3) is 1.29. The van der Waals surface area contributed by atoms with Crippen LogP contribution in [0.3, 0.4) is 0 Å². The van der Waals surface area contributed by atoms with Gasteiger partial charge in [0.25, 0.3) is 0 Å². The molecule has 1 N–H and O–H groups in total. The molecule has 0 fully saturated rings. The van der Waals surface area contributed by atoms with Crippen LogP contribution in [0.25, 0.3) is 0 Å². The van der Waals surface area contributed by atoms with E-state index in [1.807, 2.05) is 18.2 Å². The van der Waals surface area contributed by atoms with Crippen LogP contribution in [-0.2, 0) is 13.0 Å². The Morgan fingerprint density at radius 2 is 2.13 bits per heavy atom. The van der Waals surface area contributed by atoms with Gasteiger partial charge in [0.1, 0.15) is 5.82 Å². The molecule has 0 bridgehead atoms. The fourth-order valence-corrected chi connectivity index (χ4v) is 2.15. The number of fused-ring (bicyclic) bond motifs is 1. The van der Waals surface area contributed by atoms with E-state index in [1.165, 1.54) is 5.56 Å². The smallest absolute Gasteiger partial charge is 0.278 e. The largest absolute Gasteiger partial charge is 0.343 e. The van der Waals surface area contributed by atoms with Gasteiger partial charge in [-0.2, -0.15) is 5.10 Å². The number of nitrogens with zero attached hydrogens (tertiary/aromatic N) is 2. The molecular formula is C11H11N3O. The van der Waals surface area contributed by atoms with Gasteiger partial charge in [-0.1, -0.05) is 30.3 Å². The molecule has 1 atom stereocenters. The number of aromatic nitrogens is 3. The van der Waals surface area contributed by atoms with Crippen LogP contribution >= 0.6 is 0 Å². The van der Waals surface area contributed by atoms with Crippen molar-refractivity contribution in [2.75, 3.05) is 0 Å². The van der Waals surface area contributed by atoms with Crippen molar-refractivity contribution in [1.82, 2.24) is 14.8 Å². The quantitative estimate of drug-likeness (QED) is 0.745. The summed E-state index contributed by atoms with van der Waals surface area (Å²) in [5, 5.41) is 6.47. The van der Waals surface area contributed by atoms with Gasteiger partial charge in [-0.05, 0) is 5.56 Å². The van der Waals surface area contributed by atoms with Crippen LogP contribution in [0.1, 0.15) is 17.3 Å². The lowest BCUT2D eigenvalue weighted by molar-refractivity contribution is 0.630. The number of hydrogen-bond acceptors (Lipinski definition) is 2. The fourth-order valence-electron chi connectivity index (χ4n) is 2.15. The molecule has 1 aromatic carbocycles. The second kappa shape index (κ2) is 3.08. The molecule has 0 spiro atoms. The zero-order valence-corrected chi connectivity index (χ0v) is 8.18. The van der Waals surface area contributed by atoms with Crippen LogP contribution in [0.2, 0.25) is 0 Å². The van der Waals surface area contributed by atoms with E-state index in [4.69, 9.17) is 0 Å². The minimum atomic E-state index is -0.0940. The summed E-state index contributed by atoms with van der Waals surface area (Å²) in [6, 6.07) is 10.3. The van der Waals surface area contributed by atoms with Crippen LogP contribution in [0.4, 0.5) is 0 Å². The van der Waals surface area contributed by atoms with E-state index < -0.39 is 0 Å². The van der Waals surface area contributed by atoms with Gasteiger partial charge < -0.3 is 0 Å². The second-order valence-corrected chi connectivity index (χ2v) is 3.87. The number of hydrogen-bond donors (Lipinski definition) is 1. The van der Waals surface area contributed by atoms with Crippen molar-refractivity contribution >= 4 is 0 Å². The molecular weight excluding hydrogens is 190 g/mol. The van der Waals surface area contributed by atoms with E-state index in [-0.39, 0.29) is 5.69 Å². The number of H-pyrrole nitrogens is 1. The van der Waals surface area contributed by atoms with Crippen molar-refractivity contribution in [2.24, 2.45) is 0 Å². The van der Waals surface area contributed by atoms with Gasteiger partial charge in [-0.25, -0.2) is 9.89 Å². The Labute approximate surface area is 86.6 Å². The van der Waals surface area contributed by atoms with Gasteiger partial charge >= 0.3 is 5.69 Å². The highest BCUT2D eigenvalue weighted by Crippen LogP contribution is 2.26. The van der Waals surface area contributed by atoms with Gasteiger partial charge in [0.15, 0.2) is 0 Å². The van der Waals surface area contributed by atoms with Gasteiger partial charge in [0.2, 0.25) is 0 Å². The molecule has 4 nitrogen and oxygen atoms in total. The lowest BCUT2D eigenvalue weighted by Crippen LogP contribution is -2.16. The van der Waals surface area contributed by atoms with E-state index in [0.717, 1.165) is 18.8 Å². The SMILES string of the molecule is O=c1[nH]nc2n1CC(c1ccccc1)C2. The molecule has 76 valence electrons. The Morgan fingerprint density at radius 1 is 1.33 bits per heavy atom. The summed E-state index contributed by atoms with van der Waals surface area (Å²) in [6.45, 7) is 0.745. The van der Waals surface area contributed by atoms with Gasteiger partial charge in [-0.15, -0.1) is 0 Å². The zero-order valence-electron chi connectivity index (χ0n) is 8.18. The van der Waals surface area contributed by atoms with Crippen LogP contribution in [0.5, 0.6) is 0 Å². The summed E-state index contributed by atoms with van der Waals surface area (Å²) in [7, 11) is 0. The molecule has 1 unspecified atom stereocenters. The number of rotatable bonds is 1. The standard InChI is InChI=1S/C11H11N3O/c15-11-13-12-10-6-9(7-14(10)11)8-4-2-1-3-5-8/h1-5,9H,6-7H2,(H,13,15). The third-order valence-electron chi connectivity index (χ3n) is 2.94. The monoisotopic (exact) mass is 201 g/mol. The van der Waals surface area contributed by atoms with Crippen LogP contribution in [0.15, 0.2) is 35.1 Å². The molecule has 3 rings (SSSR count). The summed E-state index contributed by atoms with van der Waals surface area (Å²) < 4.78 is 1.72. The third-order valence-corrected chi connectivity index (χ3v) is 2.94. The molecule has 0 saturated carbocycles. The minimum absolute atomic E-state index is 0.0940. The summed E-state index contributed by atoms with van der Waals surface area (Å²) >= 11 is 0. The fraction of sp³-hybridized carbons (Fsp3) is 0.273. The number of nitrogens with one attached hydrogen (secondary N) is 1. The van der Waals surface area contributed by atoms with Crippen molar-refractivity contribution in [3.63, 3.8) is 0 Å². The molecule has 15 heavy (non-hydrogen) atoms. The lowest BCUT2D eigenvalue weighted by atomic mass is 9.98. The normalized spacial score (nSPS) is 19.1. The molecule has 2 heterocycles. The maximum Gasteiger partial charge on any atom is 0.343 e. The van der Waals surface area contributed by atoms with Crippen molar-refractivity contribution in [3.05, 3.63) is 52.2 Å². The lowest BCUT2D eigenvalue weighted by Gasteiger charge is -2.07. The van der Waals surface area contributed by atoms with Crippen molar-refractivity contribution in [3.8, 4) is 0 Å². The maximum absolute atomic E-state index is 11.3. The topological polar surface area (TPSA) is 50.7 Å². The molecule has 4 heteroatoms. The molecule has 1 aromatic heterocycles. The molecule has 0 aliphatic carbocycles. The molecule has 1 aliphatic heterocycles. The van der Waals surface area contributed by atoms with Crippen LogP contribution in [0, 0.1) is 0 Å². The van der Waals surface area contributed by atoms with E-state index >= 15 is 0 Å². The van der Waals surface area contributed by atoms with E-state index in [9.17, 15) is 4.79 Å². The predicted molar refractivity (Wildman–Crippen MR) is 55.7 cm³/mol.